The Balaban J connectivity index is 2.23. The zero-order chi connectivity index (χ0) is 12.3. The fourth-order valence-corrected chi connectivity index (χ4v) is 2.28. The Morgan fingerprint density at radius 2 is 2.24 bits per heavy atom. The summed E-state index contributed by atoms with van der Waals surface area (Å²) in [5.74, 6) is 0.194. The van der Waals surface area contributed by atoms with E-state index in [0.29, 0.717) is 0 Å². The quantitative estimate of drug-likeness (QED) is 0.731. The van der Waals surface area contributed by atoms with Crippen molar-refractivity contribution in [2.75, 3.05) is 14.1 Å². The van der Waals surface area contributed by atoms with E-state index in [1.165, 1.54) is 0 Å². The second-order valence-corrected chi connectivity index (χ2v) is 4.68. The van der Waals surface area contributed by atoms with Crippen LogP contribution in [-0.2, 0) is 4.79 Å². The molecule has 0 spiro atoms. The third-order valence-corrected chi connectivity index (χ3v) is 3.03. The predicted octanol–water partition coefficient (Wildman–Crippen LogP) is 2.36. The van der Waals surface area contributed by atoms with Gasteiger partial charge in [0.15, 0.2) is 5.78 Å². The highest BCUT2D eigenvalue weighted by atomic mass is 16.1. The van der Waals surface area contributed by atoms with E-state index in [0.717, 1.165) is 30.5 Å². The van der Waals surface area contributed by atoms with Crippen molar-refractivity contribution < 1.29 is 4.79 Å². The normalized spacial score (nSPS) is 22.8. The van der Waals surface area contributed by atoms with Crippen LogP contribution >= 0.6 is 0 Å². The van der Waals surface area contributed by atoms with Gasteiger partial charge in [-0.3, -0.25) is 9.78 Å². The van der Waals surface area contributed by atoms with Gasteiger partial charge in [0.25, 0.3) is 0 Å². The molecule has 3 heteroatoms. The van der Waals surface area contributed by atoms with Gasteiger partial charge in [0, 0.05) is 32.1 Å². The summed E-state index contributed by atoms with van der Waals surface area (Å²) in [6, 6.07) is 5.77. The number of hydrogen-bond acceptors (Lipinski definition) is 3. The first-order chi connectivity index (χ1) is 8.18. The van der Waals surface area contributed by atoms with Gasteiger partial charge in [-0.1, -0.05) is 6.07 Å². The van der Waals surface area contributed by atoms with E-state index >= 15 is 0 Å². The number of pyridine rings is 1. The van der Waals surface area contributed by atoms with Gasteiger partial charge in [-0.05, 0) is 31.4 Å². The molecule has 1 heterocycles. The fourth-order valence-electron chi connectivity index (χ4n) is 2.28. The maximum absolute atomic E-state index is 12.3. The molecule has 0 saturated heterocycles. The van der Waals surface area contributed by atoms with Crippen molar-refractivity contribution in [3.63, 3.8) is 0 Å². The molecule has 1 aromatic heterocycles. The van der Waals surface area contributed by atoms with E-state index in [4.69, 9.17) is 0 Å². The number of carbonyl (C=O) groups excluding carboxylic acids is 1. The lowest BCUT2D eigenvalue weighted by Crippen LogP contribution is -2.22. The van der Waals surface area contributed by atoms with Crippen molar-refractivity contribution in [2.24, 2.45) is 0 Å². The van der Waals surface area contributed by atoms with Crippen LogP contribution in [-0.4, -0.2) is 29.8 Å². The second-order valence-electron chi connectivity index (χ2n) is 4.68. The topological polar surface area (TPSA) is 33.2 Å². The van der Waals surface area contributed by atoms with Gasteiger partial charge < -0.3 is 4.90 Å². The highest BCUT2D eigenvalue weighted by Gasteiger charge is 2.28. The molecule has 90 valence electrons. The molecule has 0 aliphatic heterocycles. The standard InChI is InChI=1S/C14H18N2O/c1-16(2)10-11-6-5-7-12(14(11)17)13-8-3-4-9-15-13/h3-4,8-10,12H,5-7H2,1-2H3/b11-10-. The SMILES string of the molecule is CN(C)/C=C1/CCCC(c2ccccn2)C1=O. The molecule has 17 heavy (non-hydrogen) atoms. The Morgan fingerprint density at radius 1 is 1.41 bits per heavy atom. The molecule has 1 aromatic rings. The van der Waals surface area contributed by atoms with Gasteiger partial charge in [-0.2, -0.15) is 0 Å². The predicted molar refractivity (Wildman–Crippen MR) is 67.6 cm³/mol. The fraction of sp³-hybridized carbons (Fsp3) is 0.429. The molecule has 1 unspecified atom stereocenters. The second kappa shape index (κ2) is 5.13. The monoisotopic (exact) mass is 230 g/mol. The van der Waals surface area contributed by atoms with Crippen molar-refractivity contribution in [3.05, 3.63) is 41.9 Å². The average Bonchev–Trinajstić information content (AvgIpc) is 2.32. The maximum atomic E-state index is 12.3. The number of carbonyl (C=O) groups is 1. The smallest absolute Gasteiger partial charge is 0.169 e. The molecule has 1 atom stereocenters. The summed E-state index contributed by atoms with van der Waals surface area (Å²) in [4.78, 5) is 18.6. The minimum absolute atomic E-state index is 0.0452. The minimum atomic E-state index is -0.0452. The van der Waals surface area contributed by atoms with Crippen LogP contribution in [0.5, 0.6) is 0 Å². The molecule has 3 nitrogen and oxygen atoms in total. The summed E-state index contributed by atoms with van der Waals surface area (Å²) in [5.41, 5.74) is 1.83. The first kappa shape index (κ1) is 11.8. The summed E-state index contributed by atoms with van der Waals surface area (Å²) in [7, 11) is 3.90. The number of Topliss-reactive ketones (excluding diaryl/α,β-unsaturated/α-hetero) is 1. The van der Waals surface area contributed by atoms with E-state index in [1.807, 2.05) is 43.4 Å². The summed E-state index contributed by atoms with van der Waals surface area (Å²) in [5, 5.41) is 0. The molecule has 1 fully saturated rings. The molecule has 0 bridgehead atoms. The highest BCUT2D eigenvalue weighted by Crippen LogP contribution is 2.31. The molecule has 1 aliphatic carbocycles. The number of allylic oxidation sites excluding steroid dienone is 1. The van der Waals surface area contributed by atoms with Crippen LogP contribution in [0.2, 0.25) is 0 Å². The first-order valence-electron chi connectivity index (χ1n) is 6.01. The maximum Gasteiger partial charge on any atom is 0.169 e. The van der Waals surface area contributed by atoms with E-state index in [-0.39, 0.29) is 11.7 Å². The Labute approximate surface area is 102 Å². The zero-order valence-electron chi connectivity index (χ0n) is 10.4. The van der Waals surface area contributed by atoms with Crippen molar-refractivity contribution in [1.82, 2.24) is 9.88 Å². The van der Waals surface area contributed by atoms with Crippen LogP contribution < -0.4 is 0 Å². The summed E-state index contributed by atoms with van der Waals surface area (Å²) in [6.07, 6.45) is 6.57. The van der Waals surface area contributed by atoms with Gasteiger partial charge in [0.2, 0.25) is 0 Å². The largest absolute Gasteiger partial charge is 0.383 e. The lowest BCUT2D eigenvalue weighted by molar-refractivity contribution is -0.118. The first-order valence-corrected chi connectivity index (χ1v) is 6.01. The van der Waals surface area contributed by atoms with Crippen LogP contribution in [0.15, 0.2) is 36.2 Å². The van der Waals surface area contributed by atoms with Gasteiger partial charge >= 0.3 is 0 Å². The highest BCUT2D eigenvalue weighted by molar-refractivity contribution is 6.00. The Kier molecular flexibility index (Phi) is 3.57. The lowest BCUT2D eigenvalue weighted by Gasteiger charge is -2.23. The van der Waals surface area contributed by atoms with E-state index in [1.54, 1.807) is 6.20 Å². The van der Waals surface area contributed by atoms with Gasteiger partial charge in [0.1, 0.15) is 0 Å². The number of ketones is 1. The van der Waals surface area contributed by atoms with Crippen LogP contribution in [0.3, 0.4) is 0 Å². The number of aromatic nitrogens is 1. The molecule has 0 N–H and O–H groups in total. The molecule has 2 rings (SSSR count). The molecule has 0 amide bonds. The Bertz CT molecular complexity index is 423. The number of nitrogens with zero attached hydrogens (tertiary/aromatic N) is 2. The van der Waals surface area contributed by atoms with Crippen LogP contribution in [0.4, 0.5) is 0 Å². The summed E-state index contributed by atoms with van der Waals surface area (Å²) in [6.45, 7) is 0. The number of hydrogen-bond donors (Lipinski definition) is 0. The van der Waals surface area contributed by atoms with Crippen molar-refractivity contribution in [2.45, 2.75) is 25.2 Å². The van der Waals surface area contributed by atoms with Crippen LogP contribution in [0, 0.1) is 0 Å². The van der Waals surface area contributed by atoms with Crippen LogP contribution in [0.1, 0.15) is 30.9 Å². The zero-order valence-corrected chi connectivity index (χ0v) is 10.4. The summed E-state index contributed by atoms with van der Waals surface area (Å²) >= 11 is 0. The van der Waals surface area contributed by atoms with Gasteiger partial charge in [-0.15, -0.1) is 0 Å². The minimum Gasteiger partial charge on any atom is -0.383 e. The van der Waals surface area contributed by atoms with Crippen molar-refractivity contribution >= 4 is 5.78 Å². The van der Waals surface area contributed by atoms with E-state index in [2.05, 4.69) is 4.98 Å². The third kappa shape index (κ3) is 2.73. The van der Waals surface area contributed by atoms with Gasteiger partial charge in [0.05, 0.1) is 11.6 Å². The van der Waals surface area contributed by atoms with E-state index < -0.39 is 0 Å². The van der Waals surface area contributed by atoms with Crippen LogP contribution in [0.25, 0.3) is 0 Å². The average molecular weight is 230 g/mol. The molecular formula is C14H18N2O. The molecule has 0 radical (unpaired) electrons. The Hall–Kier alpha value is -1.64. The van der Waals surface area contributed by atoms with E-state index in [9.17, 15) is 4.79 Å². The lowest BCUT2D eigenvalue weighted by atomic mass is 9.82. The molecule has 1 aliphatic rings. The Morgan fingerprint density at radius 3 is 2.88 bits per heavy atom. The van der Waals surface area contributed by atoms with Gasteiger partial charge in [-0.25, -0.2) is 0 Å². The van der Waals surface area contributed by atoms with Crippen molar-refractivity contribution in [3.8, 4) is 0 Å². The molecule has 0 aromatic carbocycles. The number of rotatable bonds is 2. The molecule has 1 saturated carbocycles. The molecular weight excluding hydrogens is 212 g/mol. The summed E-state index contributed by atoms with van der Waals surface area (Å²) < 4.78 is 0. The van der Waals surface area contributed by atoms with Crippen molar-refractivity contribution in [1.29, 1.82) is 0 Å². The third-order valence-electron chi connectivity index (χ3n) is 3.03.